The molecule has 7 nitrogen and oxygen atoms in total. The zero-order chi connectivity index (χ0) is 22.4. The van der Waals surface area contributed by atoms with E-state index in [2.05, 4.69) is 10.2 Å². The summed E-state index contributed by atoms with van der Waals surface area (Å²) in [7, 11) is -4.00. The van der Waals surface area contributed by atoms with Crippen LogP contribution >= 0.6 is 23.2 Å². The van der Waals surface area contributed by atoms with Gasteiger partial charge < -0.3 is 10.1 Å². The van der Waals surface area contributed by atoms with Crippen molar-refractivity contribution in [2.45, 2.75) is 11.8 Å². The van der Waals surface area contributed by atoms with E-state index in [-0.39, 0.29) is 22.2 Å². The van der Waals surface area contributed by atoms with Crippen molar-refractivity contribution >= 4 is 44.8 Å². The molecule has 1 heterocycles. The topological polar surface area (TPSA) is 79.0 Å². The van der Waals surface area contributed by atoms with Crippen molar-refractivity contribution in [3.05, 3.63) is 58.1 Å². The van der Waals surface area contributed by atoms with E-state index in [1.54, 1.807) is 12.1 Å². The molecule has 1 N–H and O–H groups in total. The number of carbonyl (C=O) groups is 1. The molecule has 0 aliphatic carbocycles. The van der Waals surface area contributed by atoms with E-state index in [1.807, 2.05) is 6.92 Å². The Morgan fingerprint density at radius 1 is 1.10 bits per heavy atom. The lowest BCUT2D eigenvalue weighted by molar-refractivity contribution is -0.119. The lowest BCUT2D eigenvalue weighted by atomic mass is 10.2. The minimum atomic E-state index is -4.00. The first-order valence-electron chi connectivity index (χ1n) is 9.88. The minimum Gasteiger partial charge on any atom is -0.379 e. The molecule has 31 heavy (non-hydrogen) atoms. The summed E-state index contributed by atoms with van der Waals surface area (Å²) < 4.78 is 33.0. The van der Waals surface area contributed by atoms with Gasteiger partial charge in [0.15, 0.2) is 0 Å². The summed E-state index contributed by atoms with van der Waals surface area (Å²) >= 11 is 12.1. The molecule has 1 aliphatic rings. The number of hydrogen-bond acceptors (Lipinski definition) is 5. The van der Waals surface area contributed by atoms with Crippen LogP contribution in [-0.2, 0) is 19.6 Å². The van der Waals surface area contributed by atoms with E-state index in [0.717, 1.165) is 23.0 Å². The third-order valence-corrected chi connectivity index (χ3v) is 7.47. The third kappa shape index (κ3) is 6.33. The molecule has 10 heteroatoms. The number of morpholine rings is 1. The third-order valence-electron chi connectivity index (χ3n) is 4.94. The quantitative estimate of drug-likeness (QED) is 0.621. The van der Waals surface area contributed by atoms with Gasteiger partial charge in [0.05, 0.1) is 33.8 Å². The maximum Gasteiger partial charge on any atom is 0.264 e. The average molecular weight is 486 g/mol. The van der Waals surface area contributed by atoms with Crippen LogP contribution in [0.1, 0.15) is 5.56 Å². The molecule has 0 aromatic heterocycles. The molecule has 1 fully saturated rings. The fourth-order valence-electron chi connectivity index (χ4n) is 3.16. The predicted octanol–water partition coefficient (Wildman–Crippen LogP) is 2.95. The van der Waals surface area contributed by atoms with Crippen LogP contribution in [0.25, 0.3) is 0 Å². The van der Waals surface area contributed by atoms with Crippen LogP contribution in [0.15, 0.2) is 47.4 Å². The number of carbonyl (C=O) groups excluding carboxylic acids is 1. The fourth-order valence-corrected chi connectivity index (χ4v) is 4.86. The molecule has 1 amide bonds. The molecule has 0 saturated carbocycles. The predicted molar refractivity (Wildman–Crippen MR) is 122 cm³/mol. The molecule has 1 aliphatic heterocycles. The molecule has 1 saturated heterocycles. The van der Waals surface area contributed by atoms with Gasteiger partial charge in [0.2, 0.25) is 5.91 Å². The van der Waals surface area contributed by atoms with Crippen LogP contribution in [0.2, 0.25) is 10.0 Å². The lowest BCUT2D eigenvalue weighted by Crippen LogP contribution is -2.44. The Bertz CT molecular complexity index is 1010. The summed E-state index contributed by atoms with van der Waals surface area (Å²) in [5.74, 6) is -0.407. The highest BCUT2D eigenvalue weighted by molar-refractivity contribution is 7.92. The number of aryl methyl sites for hydroxylation is 1. The number of ether oxygens (including phenoxy) is 1. The maximum absolute atomic E-state index is 13.3. The minimum absolute atomic E-state index is 0.0882. The number of halogens is 2. The highest BCUT2D eigenvalue weighted by Crippen LogP contribution is 2.30. The standard InChI is InChI=1S/C21H25Cl2N3O4S/c1-16-2-5-18(6-3-16)31(28,29)26(17-4-7-19(22)20(23)14-17)15-21(27)24-8-9-25-10-12-30-13-11-25/h2-7,14H,8-13,15H2,1H3,(H,24,27). The summed E-state index contributed by atoms with van der Waals surface area (Å²) in [5, 5.41) is 3.31. The second-order valence-corrected chi connectivity index (χ2v) is 9.90. The van der Waals surface area contributed by atoms with Gasteiger partial charge in [-0.05, 0) is 37.3 Å². The molecule has 2 aromatic rings. The molecular formula is C21H25Cl2N3O4S. The van der Waals surface area contributed by atoms with E-state index in [4.69, 9.17) is 27.9 Å². The van der Waals surface area contributed by atoms with Crippen molar-refractivity contribution in [1.29, 1.82) is 0 Å². The number of benzene rings is 2. The Kier molecular flexibility index (Phi) is 8.18. The van der Waals surface area contributed by atoms with E-state index in [9.17, 15) is 13.2 Å². The first-order valence-corrected chi connectivity index (χ1v) is 12.1. The van der Waals surface area contributed by atoms with Crippen molar-refractivity contribution in [1.82, 2.24) is 10.2 Å². The van der Waals surface area contributed by atoms with Crippen LogP contribution in [0.5, 0.6) is 0 Å². The Labute approximate surface area is 192 Å². The van der Waals surface area contributed by atoms with Crippen LogP contribution in [0, 0.1) is 6.92 Å². The number of hydrogen-bond donors (Lipinski definition) is 1. The number of amides is 1. The maximum atomic E-state index is 13.3. The van der Waals surface area contributed by atoms with Crippen LogP contribution in [-0.4, -0.2) is 65.2 Å². The number of sulfonamides is 1. The highest BCUT2D eigenvalue weighted by atomic mass is 35.5. The summed E-state index contributed by atoms with van der Waals surface area (Å²) in [5.41, 5.74) is 1.19. The highest BCUT2D eigenvalue weighted by Gasteiger charge is 2.27. The van der Waals surface area contributed by atoms with Gasteiger partial charge in [-0.3, -0.25) is 14.0 Å². The van der Waals surface area contributed by atoms with Crippen LogP contribution < -0.4 is 9.62 Å². The summed E-state index contributed by atoms with van der Waals surface area (Å²) in [6.07, 6.45) is 0. The second-order valence-electron chi connectivity index (χ2n) is 7.23. The molecule has 0 spiro atoms. The first-order chi connectivity index (χ1) is 14.8. The van der Waals surface area contributed by atoms with Crippen molar-refractivity contribution in [3.8, 4) is 0 Å². The summed E-state index contributed by atoms with van der Waals surface area (Å²) in [6, 6.07) is 10.9. The van der Waals surface area contributed by atoms with Gasteiger partial charge in [-0.1, -0.05) is 40.9 Å². The molecule has 0 atom stereocenters. The monoisotopic (exact) mass is 485 g/mol. The Hall–Kier alpha value is -1.84. The molecule has 0 unspecified atom stereocenters. The van der Waals surface area contributed by atoms with Gasteiger partial charge in [0, 0.05) is 26.2 Å². The van der Waals surface area contributed by atoms with Gasteiger partial charge in [-0.2, -0.15) is 0 Å². The van der Waals surface area contributed by atoms with Crippen molar-refractivity contribution in [2.75, 3.05) is 50.2 Å². The second kappa shape index (κ2) is 10.7. The first kappa shape index (κ1) is 23.8. The average Bonchev–Trinajstić information content (AvgIpc) is 2.75. The van der Waals surface area contributed by atoms with Gasteiger partial charge in [-0.15, -0.1) is 0 Å². The van der Waals surface area contributed by atoms with E-state index in [0.29, 0.717) is 31.3 Å². The Balaban J connectivity index is 1.77. The van der Waals surface area contributed by atoms with Gasteiger partial charge in [0.25, 0.3) is 10.0 Å². The van der Waals surface area contributed by atoms with E-state index < -0.39 is 15.9 Å². The molecule has 0 radical (unpaired) electrons. The summed E-state index contributed by atoms with van der Waals surface area (Å²) in [6.45, 7) is 5.55. The van der Waals surface area contributed by atoms with E-state index >= 15 is 0 Å². The molecule has 2 aromatic carbocycles. The number of rotatable bonds is 8. The molecule has 168 valence electrons. The summed E-state index contributed by atoms with van der Waals surface area (Å²) in [4.78, 5) is 14.9. The number of nitrogens with zero attached hydrogens (tertiary/aromatic N) is 2. The van der Waals surface area contributed by atoms with Crippen LogP contribution in [0.3, 0.4) is 0 Å². The number of nitrogens with one attached hydrogen (secondary N) is 1. The van der Waals surface area contributed by atoms with Gasteiger partial charge in [0.1, 0.15) is 6.54 Å². The van der Waals surface area contributed by atoms with Crippen molar-refractivity contribution in [3.63, 3.8) is 0 Å². The van der Waals surface area contributed by atoms with E-state index in [1.165, 1.54) is 30.3 Å². The Morgan fingerprint density at radius 3 is 2.42 bits per heavy atom. The Morgan fingerprint density at radius 2 is 1.77 bits per heavy atom. The van der Waals surface area contributed by atoms with Gasteiger partial charge in [-0.25, -0.2) is 8.42 Å². The molecule has 3 rings (SSSR count). The smallest absolute Gasteiger partial charge is 0.264 e. The van der Waals surface area contributed by atoms with Crippen LogP contribution in [0.4, 0.5) is 5.69 Å². The fraction of sp³-hybridized carbons (Fsp3) is 0.381. The zero-order valence-corrected chi connectivity index (χ0v) is 19.5. The van der Waals surface area contributed by atoms with Crippen molar-refractivity contribution < 1.29 is 17.9 Å². The normalized spacial score (nSPS) is 14.9. The largest absolute Gasteiger partial charge is 0.379 e. The zero-order valence-electron chi connectivity index (χ0n) is 17.2. The number of anilines is 1. The molecule has 0 bridgehead atoms. The van der Waals surface area contributed by atoms with Gasteiger partial charge >= 0.3 is 0 Å². The van der Waals surface area contributed by atoms with Crippen molar-refractivity contribution in [2.24, 2.45) is 0 Å². The lowest BCUT2D eigenvalue weighted by Gasteiger charge is -2.27. The molecular weight excluding hydrogens is 461 g/mol. The SMILES string of the molecule is Cc1ccc(S(=O)(=O)N(CC(=O)NCCN2CCOCC2)c2ccc(Cl)c(Cl)c2)cc1.